The molecule has 36 heavy (non-hydrogen) atoms. The first-order chi connectivity index (χ1) is 17.2. The molecular weight excluding hydrogens is 502 g/mol. The van der Waals surface area contributed by atoms with Crippen LogP contribution >= 0.6 is 0 Å². The molecular formula is C25H23N3O6S2. The number of hydrogen-bond donors (Lipinski definition) is 1. The Labute approximate surface area is 209 Å². The Hall–Kier alpha value is -3.54. The lowest BCUT2D eigenvalue weighted by atomic mass is 10.2. The fraction of sp³-hybridized carbons (Fsp3) is 0.200. The molecule has 0 aromatic heterocycles. The summed E-state index contributed by atoms with van der Waals surface area (Å²) in [5.74, 6) is -0.135. The molecule has 11 heteroatoms. The number of anilines is 1. The number of amidine groups is 1. The highest BCUT2D eigenvalue weighted by atomic mass is 32.2. The molecule has 3 aromatic carbocycles. The Morgan fingerprint density at radius 2 is 1.56 bits per heavy atom. The van der Waals surface area contributed by atoms with Crippen molar-refractivity contribution in [2.75, 3.05) is 18.4 Å². The Kier molecular flexibility index (Phi) is 6.37. The highest BCUT2D eigenvalue weighted by Gasteiger charge is 2.28. The molecule has 0 spiro atoms. The van der Waals surface area contributed by atoms with Gasteiger partial charge in [-0.2, -0.15) is 12.7 Å². The molecule has 5 rings (SSSR count). The number of esters is 1. The zero-order valence-corrected chi connectivity index (χ0v) is 20.8. The minimum absolute atomic E-state index is 0.146. The minimum Gasteiger partial charge on any atom is -0.423 e. The molecule has 2 heterocycles. The van der Waals surface area contributed by atoms with E-state index >= 15 is 0 Å². The van der Waals surface area contributed by atoms with E-state index in [0.717, 1.165) is 19.3 Å². The van der Waals surface area contributed by atoms with Gasteiger partial charge in [-0.1, -0.05) is 18.6 Å². The first kappa shape index (κ1) is 24.2. The number of rotatable bonds is 5. The van der Waals surface area contributed by atoms with Crippen molar-refractivity contribution in [3.63, 3.8) is 0 Å². The van der Waals surface area contributed by atoms with E-state index in [1.165, 1.54) is 34.6 Å². The molecule has 1 fully saturated rings. The summed E-state index contributed by atoms with van der Waals surface area (Å²) in [4.78, 5) is 12.9. The smallest absolute Gasteiger partial charge is 0.343 e. The summed E-state index contributed by atoms with van der Waals surface area (Å²) in [7, 11) is -7.31. The van der Waals surface area contributed by atoms with Gasteiger partial charge in [0, 0.05) is 24.3 Å². The Bertz CT molecular complexity index is 1540. The van der Waals surface area contributed by atoms with Crippen LogP contribution in [0.25, 0.3) is 0 Å². The van der Waals surface area contributed by atoms with E-state index < -0.39 is 26.0 Å². The van der Waals surface area contributed by atoms with Crippen molar-refractivity contribution in [2.24, 2.45) is 4.40 Å². The molecule has 0 unspecified atom stereocenters. The third-order valence-electron chi connectivity index (χ3n) is 6.00. The van der Waals surface area contributed by atoms with Gasteiger partial charge in [0.15, 0.2) is 5.84 Å². The van der Waals surface area contributed by atoms with Crippen molar-refractivity contribution >= 4 is 37.5 Å². The molecule has 0 radical (unpaired) electrons. The number of carbonyl (C=O) groups is 1. The van der Waals surface area contributed by atoms with Crippen LogP contribution in [0.4, 0.5) is 5.69 Å². The zero-order valence-electron chi connectivity index (χ0n) is 19.1. The van der Waals surface area contributed by atoms with Crippen LogP contribution < -0.4 is 10.1 Å². The number of piperidine rings is 1. The normalized spacial score (nSPS) is 17.2. The van der Waals surface area contributed by atoms with E-state index in [9.17, 15) is 21.6 Å². The predicted molar refractivity (Wildman–Crippen MR) is 134 cm³/mol. The number of hydrogen-bond acceptors (Lipinski definition) is 7. The van der Waals surface area contributed by atoms with E-state index in [1.54, 1.807) is 42.5 Å². The van der Waals surface area contributed by atoms with Crippen LogP contribution in [0, 0.1) is 0 Å². The zero-order chi connectivity index (χ0) is 25.3. The number of ether oxygens (including phenoxy) is 1. The second-order valence-electron chi connectivity index (χ2n) is 8.44. The van der Waals surface area contributed by atoms with Gasteiger partial charge in [0.25, 0.3) is 10.0 Å². The third kappa shape index (κ3) is 4.77. The van der Waals surface area contributed by atoms with Crippen molar-refractivity contribution in [1.29, 1.82) is 0 Å². The molecule has 186 valence electrons. The van der Waals surface area contributed by atoms with Crippen molar-refractivity contribution < 1.29 is 26.4 Å². The molecule has 2 aliphatic heterocycles. The average Bonchev–Trinajstić information content (AvgIpc) is 3.15. The summed E-state index contributed by atoms with van der Waals surface area (Å²) in [5.41, 5.74) is 1.27. The molecule has 2 aliphatic rings. The summed E-state index contributed by atoms with van der Waals surface area (Å²) in [6, 6.07) is 18.6. The highest BCUT2D eigenvalue weighted by molar-refractivity contribution is 7.90. The maximum absolute atomic E-state index is 12.8. The van der Waals surface area contributed by atoms with Gasteiger partial charge in [-0.15, -0.1) is 4.40 Å². The molecule has 9 nitrogen and oxygen atoms in total. The lowest BCUT2D eigenvalue weighted by Crippen LogP contribution is -2.35. The highest BCUT2D eigenvalue weighted by Crippen LogP contribution is 2.27. The van der Waals surface area contributed by atoms with Gasteiger partial charge in [-0.25, -0.2) is 13.2 Å². The predicted octanol–water partition coefficient (Wildman–Crippen LogP) is 3.64. The van der Waals surface area contributed by atoms with Crippen LogP contribution in [0.3, 0.4) is 0 Å². The maximum Gasteiger partial charge on any atom is 0.343 e. The Morgan fingerprint density at radius 1 is 0.889 bits per heavy atom. The first-order valence-corrected chi connectivity index (χ1v) is 14.3. The summed E-state index contributed by atoms with van der Waals surface area (Å²) >= 11 is 0. The summed E-state index contributed by atoms with van der Waals surface area (Å²) in [6.45, 7) is 1.01. The van der Waals surface area contributed by atoms with Crippen LogP contribution in [-0.4, -0.2) is 46.0 Å². The Balaban J connectivity index is 1.24. The molecule has 0 atom stereocenters. The maximum atomic E-state index is 12.8. The SMILES string of the molecule is O=C(Oc1ccc(NC2=NS(=O)(=O)c3ccccc32)cc1)c1ccc(S(=O)(=O)N2CCCCC2)cc1. The van der Waals surface area contributed by atoms with Crippen LogP contribution in [0.1, 0.15) is 35.2 Å². The van der Waals surface area contributed by atoms with Crippen LogP contribution in [0.5, 0.6) is 5.75 Å². The molecule has 0 amide bonds. The monoisotopic (exact) mass is 525 g/mol. The van der Waals surface area contributed by atoms with E-state index in [2.05, 4.69) is 9.71 Å². The quantitative estimate of drug-likeness (QED) is 0.399. The Morgan fingerprint density at radius 3 is 2.25 bits per heavy atom. The van der Waals surface area contributed by atoms with Crippen molar-refractivity contribution in [2.45, 2.75) is 29.1 Å². The molecule has 1 N–H and O–H groups in total. The summed E-state index contributed by atoms with van der Waals surface area (Å²) < 4.78 is 60.6. The van der Waals surface area contributed by atoms with Gasteiger partial charge in [0.1, 0.15) is 10.6 Å². The van der Waals surface area contributed by atoms with Crippen LogP contribution in [0.15, 0.2) is 87.0 Å². The van der Waals surface area contributed by atoms with Gasteiger partial charge in [-0.3, -0.25) is 0 Å². The standard InChI is InChI=1S/C25H23N3O6S2/c29-25(18-8-14-21(15-9-18)36(32,33)28-16-4-1-5-17-28)34-20-12-10-19(11-13-20)26-24-22-6-2-3-7-23(22)35(30,31)27-24/h2-3,6-15H,1,4-5,16-17H2,(H,26,27). The van der Waals surface area contributed by atoms with Gasteiger partial charge >= 0.3 is 5.97 Å². The summed E-state index contributed by atoms with van der Waals surface area (Å²) in [6.07, 6.45) is 2.72. The number of fused-ring (bicyclic) bond motifs is 1. The first-order valence-electron chi connectivity index (χ1n) is 11.4. The second kappa shape index (κ2) is 9.49. The number of carbonyl (C=O) groups excluding carboxylic acids is 1. The van der Waals surface area contributed by atoms with Gasteiger partial charge in [0.05, 0.1) is 10.5 Å². The lowest BCUT2D eigenvalue weighted by Gasteiger charge is -2.25. The molecule has 0 saturated carbocycles. The van der Waals surface area contributed by atoms with E-state index in [-0.39, 0.29) is 26.9 Å². The van der Waals surface area contributed by atoms with E-state index in [1.807, 2.05) is 0 Å². The van der Waals surface area contributed by atoms with Gasteiger partial charge in [-0.05, 0) is 73.5 Å². The van der Waals surface area contributed by atoms with Gasteiger partial charge < -0.3 is 10.1 Å². The number of sulfonamides is 2. The molecule has 0 aliphatic carbocycles. The van der Waals surface area contributed by atoms with Crippen molar-refractivity contribution in [3.8, 4) is 5.75 Å². The molecule has 1 saturated heterocycles. The molecule has 3 aromatic rings. The largest absolute Gasteiger partial charge is 0.423 e. The van der Waals surface area contributed by atoms with Crippen LogP contribution in [-0.2, 0) is 20.0 Å². The second-order valence-corrected chi connectivity index (χ2v) is 11.9. The van der Waals surface area contributed by atoms with Crippen LogP contribution in [0.2, 0.25) is 0 Å². The summed E-state index contributed by atoms with van der Waals surface area (Å²) in [5, 5.41) is 2.98. The van der Waals surface area contributed by atoms with E-state index in [4.69, 9.17) is 4.74 Å². The minimum atomic E-state index is -3.73. The fourth-order valence-corrected chi connectivity index (χ4v) is 6.82. The fourth-order valence-electron chi connectivity index (χ4n) is 4.12. The molecule has 0 bridgehead atoms. The third-order valence-corrected chi connectivity index (χ3v) is 9.25. The van der Waals surface area contributed by atoms with Crippen molar-refractivity contribution in [1.82, 2.24) is 4.31 Å². The van der Waals surface area contributed by atoms with E-state index in [0.29, 0.717) is 24.3 Å². The number of nitrogens with zero attached hydrogens (tertiary/aromatic N) is 2. The number of benzene rings is 3. The average molecular weight is 526 g/mol. The topological polar surface area (TPSA) is 122 Å². The number of nitrogens with one attached hydrogen (secondary N) is 1. The van der Waals surface area contributed by atoms with Crippen molar-refractivity contribution in [3.05, 3.63) is 83.9 Å². The lowest BCUT2D eigenvalue weighted by molar-refractivity contribution is 0.0734. The van der Waals surface area contributed by atoms with Gasteiger partial charge in [0.2, 0.25) is 10.0 Å².